The first-order valence-corrected chi connectivity index (χ1v) is 7.90. The molecule has 1 heterocycles. The first kappa shape index (κ1) is 16.7. The molecule has 1 fully saturated rings. The molecule has 0 amide bonds. The highest BCUT2D eigenvalue weighted by atomic mass is 32.2. The summed E-state index contributed by atoms with van der Waals surface area (Å²) in [4.78, 5) is 16.9. The molecule has 0 aromatic heterocycles. The van der Waals surface area contributed by atoms with Crippen molar-refractivity contribution in [2.45, 2.75) is 11.3 Å². The SMILES string of the molecule is NOOSc1ccc(C(=C2CCOC2=O)c2ccc(F)cc2)cc1. The first-order chi connectivity index (χ1) is 11.7. The Hall–Kier alpha value is -2.19. The van der Waals surface area contributed by atoms with Gasteiger partial charge in [-0.05, 0) is 41.0 Å². The smallest absolute Gasteiger partial charge is 0.334 e. The Morgan fingerprint density at radius 2 is 1.71 bits per heavy atom. The van der Waals surface area contributed by atoms with Crippen LogP contribution >= 0.6 is 12.0 Å². The number of esters is 1. The molecule has 124 valence electrons. The number of cyclic esters (lactones) is 1. The zero-order chi connectivity index (χ0) is 16.9. The second-order valence-electron chi connectivity index (χ2n) is 5.02. The van der Waals surface area contributed by atoms with Crippen LogP contribution in [0, 0.1) is 5.82 Å². The number of hydrogen-bond acceptors (Lipinski definition) is 6. The average molecular weight is 347 g/mol. The minimum absolute atomic E-state index is 0.331. The molecule has 7 heteroatoms. The van der Waals surface area contributed by atoms with Gasteiger partial charge in [0, 0.05) is 16.9 Å². The lowest BCUT2D eigenvalue weighted by molar-refractivity contribution is -0.195. The number of hydrogen-bond donors (Lipinski definition) is 1. The molecular weight excluding hydrogens is 333 g/mol. The third-order valence-corrected chi connectivity index (χ3v) is 4.19. The maximum Gasteiger partial charge on any atom is 0.334 e. The van der Waals surface area contributed by atoms with Gasteiger partial charge in [0.1, 0.15) is 5.82 Å². The summed E-state index contributed by atoms with van der Waals surface area (Å²) in [5.74, 6) is 4.14. The van der Waals surface area contributed by atoms with E-state index in [0.29, 0.717) is 18.6 Å². The third-order valence-electron chi connectivity index (χ3n) is 3.58. The van der Waals surface area contributed by atoms with E-state index in [9.17, 15) is 9.18 Å². The Bertz CT molecular complexity index is 759. The topological polar surface area (TPSA) is 70.8 Å². The monoisotopic (exact) mass is 347 g/mol. The van der Waals surface area contributed by atoms with E-state index < -0.39 is 0 Å². The molecule has 0 spiro atoms. The maximum absolute atomic E-state index is 13.2. The Morgan fingerprint density at radius 3 is 2.25 bits per heavy atom. The first-order valence-electron chi connectivity index (χ1n) is 7.16. The van der Waals surface area contributed by atoms with Crippen LogP contribution in [-0.4, -0.2) is 12.6 Å². The van der Waals surface area contributed by atoms with Gasteiger partial charge < -0.3 is 4.74 Å². The van der Waals surface area contributed by atoms with Crippen molar-refractivity contribution in [3.8, 4) is 0 Å². The van der Waals surface area contributed by atoms with Gasteiger partial charge in [-0.25, -0.2) is 9.18 Å². The van der Waals surface area contributed by atoms with Gasteiger partial charge in [-0.2, -0.15) is 5.90 Å². The fraction of sp³-hybridized carbons (Fsp3) is 0.118. The van der Waals surface area contributed by atoms with Crippen LogP contribution in [0.25, 0.3) is 5.57 Å². The van der Waals surface area contributed by atoms with Gasteiger partial charge in [0.2, 0.25) is 0 Å². The van der Waals surface area contributed by atoms with Gasteiger partial charge in [-0.15, -0.1) is 9.32 Å². The molecule has 2 N–H and O–H groups in total. The molecule has 3 rings (SSSR count). The van der Waals surface area contributed by atoms with Crippen molar-refractivity contribution in [3.63, 3.8) is 0 Å². The predicted octanol–water partition coefficient (Wildman–Crippen LogP) is 3.40. The van der Waals surface area contributed by atoms with Gasteiger partial charge in [-0.1, -0.05) is 24.3 Å². The summed E-state index contributed by atoms with van der Waals surface area (Å²) >= 11 is 0.967. The number of carbonyl (C=O) groups excluding carboxylic acids is 1. The van der Waals surface area contributed by atoms with Crippen LogP contribution in [0.1, 0.15) is 17.5 Å². The second kappa shape index (κ2) is 7.59. The van der Waals surface area contributed by atoms with Crippen LogP contribution in [-0.2, 0) is 18.9 Å². The van der Waals surface area contributed by atoms with Crippen LogP contribution in [0.15, 0.2) is 59.0 Å². The molecule has 5 nitrogen and oxygen atoms in total. The number of halogens is 1. The van der Waals surface area contributed by atoms with E-state index in [0.717, 1.165) is 33.6 Å². The summed E-state index contributed by atoms with van der Waals surface area (Å²) in [6, 6.07) is 13.3. The summed E-state index contributed by atoms with van der Waals surface area (Å²) in [6.07, 6.45) is 0.520. The molecule has 0 saturated carbocycles. The molecule has 24 heavy (non-hydrogen) atoms. The Balaban J connectivity index is 2.02. The normalized spacial score (nSPS) is 16.2. The lowest BCUT2D eigenvalue weighted by Gasteiger charge is -2.11. The van der Waals surface area contributed by atoms with Gasteiger partial charge in [-0.3, -0.25) is 0 Å². The van der Waals surface area contributed by atoms with Crippen molar-refractivity contribution in [1.82, 2.24) is 0 Å². The van der Waals surface area contributed by atoms with E-state index in [1.165, 1.54) is 12.1 Å². The summed E-state index contributed by atoms with van der Waals surface area (Å²) in [7, 11) is 0. The fourth-order valence-corrected chi connectivity index (χ4v) is 2.89. The molecule has 1 aliphatic heterocycles. The molecule has 1 aliphatic rings. The number of carbonyl (C=O) groups is 1. The third kappa shape index (κ3) is 3.65. The zero-order valence-electron chi connectivity index (χ0n) is 12.5. The van der Waals surface area contributed by atoms with Crippen molar-refractivity contribution in [1.29, 1.82) is 0 Å². The van der Waals surface area contributed by atoms with Crippen LogP contribution in [0.2, 0.25) is 0 Å². The van der Waals surface area contributed by atoms with Crippen molar-refractivity contribution in [2.24, 2.45) is 5.90 Å². The molecule has 2 aromatic carbocycles. The molecule has 0 radical (unpaired) electrons. The quantitative estimate of drug-likeness (QED) is 0.294. The summed E-state index contributed by atoms with van der Waals surface area (Å²) < 4.78 is 22.9. The Kier molecular flexibility index (Phi) is 5.27. The van der Waals surface area contributed by atoms with E-state index in [1.54, 1.807) is 12.1 Å². The fourth-order valence-electron chi connectivity index (χ4n) is 2.53. The van der Waals surface area contributed by atoms with E-state index in [4.69, 9.17) is 10.6 Å². The van der Waals surface area contributed by atoms with Gasteiger partial charge in [0.25, 0.3) is 0 Å². The molecule has 0 aliphatic carbocycles. The minimum Gasteiger partial charge on any atom is -0.462 e. The van der Waals surface area contributed by atoms with Gasteiger partial charge >= 0.3 is 5.97 Å². The summed E-state index contributed by atoms with van der Waals surface area (Å²) in [6.45, 7) is 0.356. The van der Waals surface area contributed by atoms with Crippen LogP contribution in [0.3, 0.4) is 0 Å². The highest BCUT2D eigenvalue weighted by Crippen LogP contribution is 2.33. The molecule has 0 atom stereocenters. The highest BCUT2D eigenvalue weighted by molar-refractivity contribution is 7.94. The summed E-state index contributed by atoms with van der Waals surface area (Å²) in [5.41, 5.74) is 2.91. The molecule has 2 aromatic rings. The van der Waals surface area contributed by atoms with Crippen molar-refractivity contribution >= 4 is 23.6 Å². The number of benzene rings is 2. The van der Waals surface area contributed by atoms with E-state index >= 15 is 0 Å². The summed E-state index contributed by atoms with van der Waals surface area (Å²) in [5, 5.41) is 0. The van der Waals surface area contributed by atoms with E-state index in [2.05, 4.69) is 9.32 Å². The highest BCUT2D eigenvalue weighted by Gasteiger charge is 2.24. The van der Waals surface area contributed by atoms with Crippen LogP contribution < -0.4 is 5.90 Å². The lowest BCUT2D eigenvalue weighted by Crippen LogP contribution is -2.01. The molecule has 0 unspecified atom stereocenters. The molecular formula is C17H14FNO4S. The Morgan fingerprint density at radius 1 is 1.08 bits per heavy atom. The van der Waals surface area contributed by atoms with Crippen molar-refractivity contribution < 1.29 is 23.2 Å². The Labute approximate surface area is 142 Å². The van der Waals surface area contributed by atoms with E-state index in [1.807, 2.05) is 24.3 Å². The van der Waals surface area contributed by atoms with Crippen LogP contribution in [0.4, 0.5) is 4.39 Å². The van der Waals surface area contributed by atoms with Crippen molar-refractivity contribution in [2.75, 3.05) is 6.61 Å². The minimum atomic E-state index is -0.340. The number of nitrogens with two attached hydrogens (primary N) is 1. The molecule has 0 bridgehead atoms. The standard InChI is InChI=1S/C17H14FNO4S/c18-13-5-1-11(2-6-13)16(15-9-10-21-17(15)20)12-3-7-14(8-4-12)24-23-22-19/h1-8H,9-10,19H2. The van der Waals surface area contributed by atoms with Gasteiger partial charge in [0.05, 0.1) is 18.6 Å². The maximum atomic E-state index is 13.2. The zero-order valence-corrected chi connectivity index (χ0v) is 13.3. The predicted molar refractivity (Wildman–Crippen MR) is 86.7 cm³/mol. The van der Waals surface area contributed by atoms with E-state index in [-0.39, 0.29) is 11.8 Å². The van der Waals surface area contributed by atoms with Crippen LogP contribution in [0.5, 0.6) is 0 Å². The largest absolute Gasteiger partial charge is 0.462 e. The molecule has 1 saturated heterocycles. The average Bonchev–Trinajstić information content (AvgIpc) is 3.02. The number of rotatable bonds is 5. The van der Waals surface area contributed by atoms with Gasteiger partial charge in [0.15, 0.2) is 0 Å². The second-order valence-corrected chi connectivity index (χ2v) is 5.79. The lowest BCUT2D eigenvalue weighted by atomic mass is 9.92. The van der Waals surface area contributed by atoms with Crippen molar-refractivity contribution in [3.05, 3.63) is 71.0 Å². The number of ether oxygens (including phenoxy) is 1.